The summed E-state index contributed by atoms with van der Waals surface area (Å²) in [5.74, 6) is 0.864. The summed E-state index contributed by atoms with van der Waals surface area (Å²) < 4.78 is 0. The van der Waals surface area contributed by atoms with Gasteiger partial charge in [0.15, 0.2) is 12.7 Å². The van der Waals surface area contributed by atoms with Crippen LogP contribution in [0.1, 0.15) is 86.0 Å². The van der Waals surface area contributed by atoms with Crippen LogP contribution < -0.4 is 5.32 Å². The second kappa shape index (κ2) is 10.2. The van der Waals surface area contributed by atoms with Crippen molar-refractivity contribution in [3.63, 3.8) is 0 Å². The van der Waals surface area contributed by atoms with Gasteiger partial charge in [0.05, 0.1) is 5.71 Å². The summed E-state index contributed by atoms with van der Waals surface area (Å²) in [5.41, 5.74) is 1.62. The van der Waals surface area contributed by atoms with Crippen LogP contribution in [-0.4, -0.2) is 52.8 Å². The minimum atomic E-state index is -1.57. The number of rotatable bonds is 8. The van der Waals surface area contributed by atoms with E-state index in [1.807, 2.05) is 0 Å². The maximum absolute atomic E-state index is 12.4. The lowest BCUT2D eigenvalue weighted by Crippen LogP contribution is -2.51. The molecule has 4 rings (SSSR count). The zero-order valence-corrected chi connectivity index (χ0v) is 23.0. The number of carbonyl (C=O) groups excluding carboxylic acids is 2. The van der Waals surface area contributed by atoms with Crippen molar-refractivity contribution in [1.29, 1.82) is 0 Å². The fourth-order valence-corrected chi connectivity index (χ4v) is 8.29. The Kier molecular flexibility index (Phi) is 7.63. The number of carbonyl (C=O) groups is 3. The van der Waals surface area contributed by atoms with E-state index in [2.05, 4.69) is 30.4 Å². The third kappa shape index (κ3) is 5.10. The summed E-state index contributed by atoms with van der Waals surface area (Å²) in [6, 6.07) is 0. The van der Waals surface area contributed by atoms with Crippen LogP contribution in [0, 0.1) is 39.9 Å². The number of allylic oxidation sites excluding steroid dienone is 2. The molecule has 206 valence electrons. The van der Waals surface area contributed by atoms with Gasteiger partial charge in [0.25, 0.3) is 5.91 Å². The fourth-order valence-electron chi connectivity index (χ4n) is 8.29. The third-order valence-electron chi connectivity index (χ3n) is 10.6. The van der Waals surface area contributed by atoms with Crippen molar-refractivity contribution in [3.8, 4) is 0 Å². The molecule has 4 aliphatic rings. The molecule has 8 heteroatoms. The van der Waals surface area contributed by atoms with Crippen LogP contribution in [0.4, 0.5) is 0 Å². The van der Waals surface area contributed by atoms with E-state index in [-0.39, 0.29) is 29.9 Å². The summed E-state index contributed by atoms with van der Waals surface area (Å²) in [5, 5.41) is 25.6. The van der Waals surface area contributed by atoms with Gasteiger partial charge in [-0.05, 0) is 93.0 Å². The van der Waals surface area contributed by atoms with Crippen LogP contribution in [0.25, 0.3) is 0 Å². The molecule has 0 unspecified atom stereocenters. The van der Waals surface area contributed by atoms with Crippen LogP contribution in [0.3, 0.4) is 0 Å². The molecule has 0 aromatic heterocycles. The molecule has 3 fully saturated rings. The number of amides is 1. The first-order valence-corrected chi connectivity index (χ1v) is 13.9. The molecule has 4 aliphatic carbocycles. The van der Waals surface area contributed by atoms with Crippen LogP contribution in [0.15, 0.2) is 16.8 Å². The van der Waals surface area contributed by atoms with Gasteiger partial charge in [-0.25, -0.2) is 4.79 Å². The zero-order chi connectivity index (χ0) is 27.2. The Labute approximate surface area is 220 Å². The highest BCUT2D eigenvalue weighted by atomic mass is 16.6. The van der Waals surface area contributed by atoms with Crippen molar-refractivity contribution >= 4 is 23.4 Å². The normalized spacial score (nSPS) is 37.0. The summed E-state index contributed by atoms with van der Waals surface area (Å²) in [6.45, 7) is 9.50. The summed E-state index contributed by atoms with van der Waals surface area (Å²) in [6.07, 6.45) is 9.23. The van der Waals surface area contributed by atoms with Crippen molar-refractivity contribution in [2.24, 2.45) is 45.1 Å². The van der Waals surface area contributed by atoms with Crippen molar-refractivity contribution in [2.75, 3.05) is 13.2 Å². The number of nitrogens with zero attached hydrogens (tertiary/aromatic N) is 1. The monoisotopic (exact) mass is 516 g/mol. The molecule has 0 radical (unpaired) electrons. The summed E-state index contributed by atoms with van der Waals surface area (Å²) >= 11 is 0. The van der Waals surface area contributed by atoms with Crippen molar-refractivity contribution in [3.05, 3.63) is 11.6 Å². The molecule has 1 amide bonds. The van der Waals surface area contributed by atoms with E-state index in [1.54, 1.807) is 20.8 Å². The third-order valence-corrected chi connectivity index (χ3v) is 10.6. The Morgan fingerprint density at radius 2 is 1.86 bits per heavy atom. The van der Waals surface area contributed by atoms with Crippen LogP contribution >= 0.6 is 0 Å². The average Bonchev–Trinajstić information content (AvgIpc) is 3.20. The zero-order valence-electron chi connectivity index (χ0n) is 23.0. The number of fused-ring (bicyclic) bond motifs is 5. The highest BCUT2D eigenvalue weighted by Crippen LogP contribution is 2.66. The highest BCUT2D eigenvalue weighted by molar-refractivity contribution is 5.96. The van der Waals surface area contributed by atoms with Gasteiger partial charge in [-0.3, -0.25) is 9.59 Å². The maximum atomic E-state index is 12.4. The lowest BCUT2D eigenvalue weighted by Gasteiger charge is -2.58. The largest absolute Gasteiger partial charge is 0.479 e. The number of ketones is 1. The van der Waals surface area contributed by atoms with E-state index in [0.29, 0.717) is 23.5 Å². The Morgan fingerprint density at radius 3 is 2.54 bits per heavy atom. The van der Waals surface area contributed by atoms with Gasteiger partial charge < -0.3 is 20.4 Å². The van der Waals surface area contributed by atoms with Gasteiger partial charge >= 0.3 is 5.97 Å². The molecule has 0 bridgehead atoms. The molecule has 0 saturated heterocycles. The lowest BCUT2D eigenvalue weighted by atomic mass is 9.46. The molecule has 37 heavy (non-hydrogen) atoms. The number of hydrogen-bond acceptors (Lipinski definition) is 6. The highest BCUT2D eigenvalue weighted by Gasteiger charge is 2.59. The molecule has 3 saturated carbocycles. The first kappa shape index (κ1) is 27.8. The SMILES string of the molecule is CC(=O)[C@H]1CC[C@H]2[C@@H]3CCC4=C/C(=N/OCC(=O)NCC(C)(C)[C@@H](O)C(=O)O)CC[C@]4(C)[C@H]3CC[C@]12C. The van der Waals surface area contributed by atoms with Gasteiger partial charge in [-0.1, -0.05) is 38.4 Å². The fraction of sp³-hybridized carbons (Fsp3) is 0.793. The number of Topliss-reactive ketones (excluding diaryl/α,β-unsaturated/α-hetero) is 1. The van der Waals surface area contributed by atoms with E-state index in [9.17, 15) is 19.5 Å². The van der Waals surface area contributed by atoms with Gasteiger partial charge in [0.1, 0.15) is 5.78 Å². The van der Waals surface area contributed by atoms with E-state index in [4.69, 9.17) is 9.94 Å². The summed E-state index contributed by atoms with van der Waals surface area (Å²) in [4.78, 5) is 40.9. The Morgan fingerprint density at radius 1 is 1.14 bits per heavy atom. The Hall–Kier alpha value is -2.22. The van der Waals surface area contributed by atoms with E-state index >= 15 is 0 Å². The second-order valence-electron chi connectivity index (χ2n) is 13.1. The Bertz CT molecular complexity index is 1000. The molecule has 0 aromatic rings. The van der Waals surface area contributed by atoms with Crippen LogP contribution in [0.2, 0.25) is 0 Å². The number of nitrogens with one attached hydrogen (secondary N) is 1. The van der Waals surface area contributed by atoms with E-state index in [0.717, 1.165) is 37.8 Å². The molecule has 0 aliphatic heterocycles. The van der Waals surface area contributed by atoms with Gasteiger partial charge in [-0.15, -0.1) is 0 Å². The topological polar surface area (TPSA) is 125 Å². The number of carboxylic acids is 1. The predicted molar refractivity (Wildman–Crippen MR) is 140 cm³/mol. The average molecular weight is 517 g/mol. The first-order valence-electron chi connectivity index (χ1n) is 13.9. The number of oxime groups is 1. The molecule has 7 atom stereocenters. The van der Waals surface area contributed by atoms with Crippen LogP contribution in [-0.2, 0) is 19.2 Å². The van der Waals surface area contributed by atoms with Crippen molar-refractivity contribution in [1.82, 2.24) is 5.32 Å². The molecular formula is C29H44N2O6. The van der Waals surface area contributed by atoms with Gasteiger partial charge in [0.2, 0.25) is 0 Å². The van der Waals surface area contributed by atoms with Gasteiger partial charge in [0, 0.05) is 17.9 Å². The van der Waals surface area contributed by atoms with E-state index in [1.165, 1.54) is 24.8 Å². The second-order valence-corrected chi connectivity index (χ2v) is 13.1. The number of carboxylic acid groups (broad SMARTS) is 1. The summed E-state index contributed by atoms with van der Waals surface area (Å²) in [7, 11) is 0. The van der Waals surface area contributed by atoms with Gasteiger partial charge in [-0.2, -0.15) is 0 Å². The predicted octanol–water partition coefficient (Wildman–Crippen LogP) is 4.11. The standard InChI is InChI=1S/C29H44N2O6/c1-17(32)21-8-9-22-20-7-6-18-14-19(10-12-28(18,4)23(20)11-13-29(21,22)5)31-37-15-24(33)30-16-27(2,3)25(34)26(35)36/h14,20-23,25,34H,6-13,15-16H2,1-5H3,(H,30,33)(H,35,36)/b31-19+/t20-,21+,22-,23-,25-,28-,29+/m0/s1. The molecular weight excluding hydrogens is 472 g/mol. The number of aliphatic hydroxyl groups excluding tert-OH is 1. The molecule has 0 aromatic carbocycles. The first-order chi connectivity index (χ1) is 17.3. The molecule has 3 N–H and O–H groups in total. The molecule has 8 nitrogen and oxygen atoms in total. The molecule has 0 heterocycles. The Balaban J connectivity index is 1.35. The minimum absolute atomic E-state index is 0.0113. The van der Waals surface area contributed by atoms with E-state index < -0.39 is 23.4 Å². The lowest BCUT2D eigenvalue weighted by molar-refractivity contribution is -0.153. The van der Waals surface area contributed by atoms with Crippen molar-refractivity contribution < 1.29 is 29.4 Å². The number of hydrogen-bond donors (Lipinski definition) is 3. The van der Waals surface area contributed by atoms with Crippen molar-refractivity contribution in [2.45, 2.75) is 92.1 Å². The minimum Gasteiger partial charge on any atom is -0.479 e. The number of aliphatic carboxylic acids is 1. The smallest absolute Gasteiger partial charge is 0.333 e. The molecule has 0 spiro atoms. The van der Waals surface area contributed by atoms with Crippen LogP contribution in [0.5, 0.6) is 0 Å². The number of aliphatic hydroxyl groups is 1. The maximum Gasteiger partial charge on any atom is 0.333 e. The quantitative estimate of drug-likeness (QED) is 0.417.